The Morgan fingerprint density at radius 3 is 2.17 bits per heavy atom. The normalized spacial score (nSPS) is 14.0. The molecule has 7 heteroatoms. The minimum absolute atomic E-state index is 0.0501. The van der Waals surface area contributed by atoms with Gasteiger partial charge in [0.1, 0.15) is 6.04 Å². The molecule has 18 heavy (non-hydrogen) atoms. The van der Waals surface area contributed by atoms with E-state index in [4.69, 9.17) is 20.7 Å². The van der Waals surface area contributed by atoms with Crippen LogP contribution in [0.1, 0.15) is 33.1 Å². The van der Waals surface area contributed by atoms with E-state index in [1.54, 1.807) is 13.8 Å². The number of carbonyl (C=O) groups is 3. The Kier molecular flexibility index (Phi) is 6.96. The Morgan fingerprint density at radius 2 is 1.78 bits per heavy atom. The summed E-state index contributed by atoms with van der Waals surface area (Å²) in [5.41, 5.74) is 5.41. The van der Waals surface area contributed by atoms with Gasteiger partial charge in [-0.1, -0.05) is 13.8 Å². The van der Waals surface area contributed by atoms with Gasteiger partial charge >= 0.3 is 17.9 Å². The lowest BCUT2D eigenvalue weighted by Crippen LogP contribution is -2.38. The molecule has 0 aliphatic carbocycles. The number of esters is 1. The fraction of sp³-hybridized carbons (Fsp3) is 0.727. The number of carboxylic acids is 2. The summed E-state index contributed by atoms with van der Waals surface area (Å²) in [7, 11) is 0. The summed E-state index contributed by atoms with van der Waals surface area (Å²) in [6, 6.07) is -1.12. The highest BCUT2D eigenvalue weighted by Crippen LogP contribution is 2.10. The molecular weight excluding hydrogens is 242 g/mol. The zero-order valence-electron chi connectivity index (χ0n) is 10.5. The lowest BCUT2D eigenvalue weighted by Gasteiger charge is -2.18. The lowest BCUT2D eigenvalue weighted by molar-refractivity contribution is -0.166. The molecule has 0 amide bonds. The van der Waals surface area contributed by atoms with E-state index in [0.29, 0.717) is 0 Å². The number of nitrogens with two attached hydrogens (primary N) is 1. The van der Waals surface area contributed by atoms with Gasteiger partial charge in [0.2, 0.25) is 0 Å². The first-order chi connectivity index (χ1) is 8.23. The zero-order valence-corrected chi connectivity index (χ0v) is 10.5. The first kappa shape index (κ1) is 16.4. The number of rotatable bonds is 8. The van der Waals surface area contributed by atoms with E-state index in [1.165, 1.54) is 0 Å². The van der Waals surface area contributed by atoms with Gasteiger partial charge in [-0.3, -0.25) is 9.59 Å². The fourth-order valence-corrected chi connectivity index (χ4v) is 1.25. The SMILES string of the molecule is CC(C)C[C@@H](OC(=O)[C@@H](N)CCC(=O)O)C(=O)O. The molecule has 0 aromatic carbocycles. The van der Waals surface area contributed by atoms with Crippen LogP contribution in [0, 0.1) is 5.92 Å². The van der Waals surface area contributed by atoms with E-state index in [0.717, 1.165) is 0 Å². The zero-order chi connectivity index (χ0) is 14.3. The van der Waals surface area contributed by atoms with Gasteiger partial charge in [0.15, 0.2) is 6.10 Å². The molecule has 0 heterocycles. The molecule has 0 aromatic rings. The Morgan fingerprint density at radius 1 is 1.22 bits per heavy atom. The maximum atomic E-state index is 11.4. The van der Waals surface area contributed by atoms with E-state index in [-0.39, 0.29) is 25.2 Å². The van der Waals surface area contributed by atoms with Gasteiger partial charge in [-0.25, -0.2) is 4.79 Å². The summed E-state index contributed by atoms with van der Waals surface area (Å²) in [6.07, 6.45) is -1.40. The van der Waals surface area contributed by atoms with Gasteiger partial charge in [0.05, 0.1) is 0 Å². The molecule has 0 rings (SSSR count). The van der Waals surface area contributed by atoms with Crippen molar-refractivity contribution in [1.82, 2.24) is 0 Å². The fourth-order valence-electron chi connectivity index (χ4n) is 1.25. The van der Waals surface area contributed by atoms with Gasteiger partial charge in [0, 0.05) is 6.42 Å². The van der Waals surface area contributed by atoms with Gasteiger partial charge < -0.3 is 20.7 Å². The molecule has 0 aliphatic rings. The summed E-state index contributed by atoms with van der Waals surface area (Å²) < 4.78 is 4.76. The third kappa shape index (κ3) is 6.85. The maximum absolute atomic E-state index is 11.4. The summed E-state index contributed by atoms with van der Waals surface area (Å²) in [4.78, 5) is 32.6. The van der Waals surface area contributed by atoms with Crippen LogP contribution in [-0.4, -0.2) is 40.3 Å². The number of carboxylic acid groups (broad SMARTS) is 2. The summed E-state index contributed by atoms with van der Waals surface area (Å²) in [5, 5.41) is 17.3. The number of carbonyl (C=O) groups excluding carboxylic acids is 1. The Labute approximate surface area is 105 Å². The van der Waals surface area contributed by atoms with Crippen LogP contribution in [0.3, 0.4) is 0 Å². The van der Waals surface area contributed by atoms with Crippen LogP contribution in [0.4, 0.5) is 0 Å². The van der Waals surface area contributed by atoms with E-state index in [2.05, 4.69) is 0 Å². The molecule has 0 spiro atoms. The summed E-state index contributed by atoms with van der Waals surface area (Å²) >= 11 is 0. The largest absolute Gasteiger partial charge is 0.481 e. The van der Waals surface area contributed by atoms with Crippen molar-refractivity contribution in [2.75, 3.05) is 0 Å². The number of hydrogen-bond acceptors (Lipinski definition) is 5. The van der Waals surface area contributed by atoms with Crippen molar-refractivity contribution < 1.29 is 29.3 Å². The maximum Gasteiger partial charge on any atom is 0.345 e. The van der Waals surface area contributed by atoms with Crippen LogP contribution < -0.4 is 5.73 Å². The highest BCUT2D eigenvalue weighted by atomic mass is 16.6. The minimum Gasteiger partial charge on any atom is -0.481 e. The first-order valence-corrected chi connectivity index (χ1v) is 5.64. The second kappa shape index (κ2) is 7.65. The number of ether oxygens (including phenoxy) is 1. The van der Waals surface area contributed by atoms with E-state index < -0.39 is 30.1 Å². The third-order valence-electron chi connectivity index (χ3n) is 2.19. The average molecular weight is 261 g/mol. The smallest absolute Gasteiger partial charge is 0.345 e. The van der Waals surface area contributed by atoms with Gasteiger partial charge in [-0.15, -0.1) is 0 Å². The van der Waals surface area contributed by atoms with Crippen molar-refractivity contribution >= 4 is 17.9 Å². The van der Waals surface area contributed by atoms with Crippen LogP contribution in [0.5, 0.6) is 0 Å². The molecule has 4 N–H and O–H groups in total. The monoisotopic (exact) mass is 261 g/mol. The van der Waals surface area contributed by atoms with Crippen LogP contribution >= 0.6 is 0 Å². The molecule has 104 valence electrons. The van der Waals surface area contributed by atoms with Crippen LogP contribution in [0.15, 0.2) is 0 Å². The predicted molar refractivity (Wildman–Crippen MR) is 61.8 cm³/mol. The Hall–Kier alpha value is -1.63. The number of hydrogen-bond donors (Lipinski definition) is 3. The molecule has 0 aliphatic heterocycles. The quantitative estimate of drug-likeness (QED) is 0.533. The van der Waals surface area contributed by atoms with E-state index in [1.807, 2.05) is 0 Å². The van der Waals surface area contributed by atoms with E-state index in [9.17, 15) is 14.4 Å². The Bertz CT molecular complexity index is 315. The van der Waals surface area contributed by atoms with Gasteiger partial charge in [-0.05, 0) is 18.8 Å². The summed E-state index contributed by atoms with van der Waals surface area (Å²) in [6.45, 7) is 3.60. The van der Waals surface area contributed by atoms with Crippen molar-refractivity contribution in [3.8, 4) is 0 Å². The summed E-state index contributed by atoms with van der Waals surface area (Å²) in [5.74, 6) is -3.14. The predicted octanol–water partition coefficient (Wildman–Crippen LogP) is 0.221. The molecule has 0 saturated carbocycles. The van der Waals surface area contributed by atoms with Crippen molar-refractivity contribution in [2.24, 2.45) is 11.7 Å². The van der Waals surface area contributed by atoms with Crippen LogP contribution in [0.25, 0.3) is 0 Å². The molecule has 7 nitrogen and oxygen atoms in total. The lowest BCUT2D eigenvalue weighted by atomic mass is 10.1. The van der Waals surface area contributed by atoms with E-state index >= 15 is 0 Å². The van der Waals surface area contributed by atoms with Gasteiger partial charge in [-0.2, -0.15) is 0 Å². The van der Waals surface area contributed by atoms with Crippen molar-refractivity contribution in [3.05, 3.63) is 0 Å². The highest BCUT2D eigenvalue weighted by Gasteiger charge is 2.26. The average Bonchev–Trinajstić information content (AvgIpc) is 2.23. The molecule has 0 radical (unpaired) electrons. The first-order valence-electron chi connectivity index (χ1n) is 5.64. The highest BCUT2D eigenvalue weighted by molar-refractivity contribution is 5.81. The standard InChI is InChI=1S/C11H19NO6/c1-6(2)5-8(10(15)16)18-11(17)7(12)3-4-9(13)14/h6-8H,3-5,12H2,1-2H3,(H,13,14)(H,15,16)/t7-,8+/m0/s1. The van der Waals surface area contributed by atoms with Gasteiger partial charge in [0.25, 0.3) is 0 Å². The molecule has 2 atom stereocenters. The molecule has 0 bridgehead atoms. The van der Waals surface area contributed by atoms with Crippen molar-refractivity contribution in [1.29, 1.82) is 0 Å². The van der Waals surface area contributed by atoms with Crippen molar-refractivity contribution in [3.63, 3.8) is 0 Å². The minimum atomic E-state index is -1.24. The van der Waals surface area contributed by atoms with Crippen molar-refractivity contribution in [2.45, 2.75) is 45.3 Å². The number of aliphatic carboxylic acids is 2. The third-order valence-corrected chi connectivity index (χ3v) is 2.19. The topological polar surface area (TPSA) is 127 Å². The second-order valence-electron chi connectivity index (χ2n) is 4.43. The Balaban J connectivity index is 4.31. The molecule has 0 aromatic heterocycles. The molecule has 0 saturated heterocycles. The van der Waals surface area contributed by atoms with Crippen LogP contribution in [0.2, 0.25) is 0 Å². The molecule has 0 fully saturated rings. The van der Waals surface area contributed by atoms with Crippen LogP contribution in [-0.2, 0) is 19.1 Å². The second-order valence-corrected chi connectivity index (χ2v) is 4.43. The molecule has 0 unspecified atom stereocenters. The molecular formula is C11H19NO6.